The molecular formula is C17H19ClN2O4S. The maximum atomic E-state index is 12.4. The number of hydrogen-bond donors (Lipinski definition) is 1. The molecule has 0 spiro atoms. The quantitative estimate of drug-likeness (QED) is 0.833. The van der Waals surface area contributed by atoms with Gasteiger partial charge in [-0.25, -0.2) is 8.42 Å². The van der Waals surface area contributed by atoms with Gasteiger partial charge in [0.1, 0.15) is 12.3 Å². The van der Waals surface area contributed by atoms with Gasteiger partial charge in [-0.05, 0) is 42.8 Å². The Labute approximate surface area is 152 Å². The van der Waals surface area contributed by atoms with E-state index in [1.165, 1.54) is 7.11 Å². The predicted octanol–water partition coefficient (Wildman–Crippen LogP) is 3.06. The number of carbonyl (C=O) groups excluding carboxylic acids is 1. The molecule has 8 heteroatoms. The average Bonchev–Trinajstić information content (AvgIpc) is 2.53. The van der Waals surface area contributed by atoms with Crippen LogP contribution in [0.15, 0.2) is 42.5 Å². The van der Waals surface area contributed by atoms with E-state index < -0.39 is 15.9 Å². The second kappa shape index (κ2) is 7.76. The lowest BCUT2D eigenvalue weighted by molar-refractivity contribution is -0.114. The van der Waals surface area contributed by atoms with Gasteiger partial charge in [0.05, 0.1) is 24.7 Å². The van der Waals surface area contributed by atoms with Crippen LogP contribution < -0.4 is 14.4 Å². The third-order valence-corrected chi connectivity index (χ3v) is 4.86. The predicted molar refractivity (Wildman–Crippen MR) is 100 cm³/mol. The summed E-state index contributed by atoms with van der Waals surface area (Å²) < 4.78 is 30.6. The van der Waals surface area contributed by atoms with Crippen molar-refractivity contribution in [1.29, 1.82) is 0 Å². The fourth-order valence-corrected chi connectivity index (χ4v) is 3.49. The minimum absolute atomic E-state index is 0.362. The number of benzene rings is 2. The van der Waals surface area contributed by atoms with Crippen LogP contribution in [-0.4, -0.2) is 34.2 Å². The Morgan fingerprint density at radius 3 is 2.52 bits per heavy atom. The van der Waals surface area contributed by atoms with Crippen molar-refractivity contribution in [3.05, 3.63) is 53.1 Å². The summed E-state index contributed by atoms with van der Waals surface area (Å²) in [5.74, 6) is 0.00806. The van der Waals surface area contributed by atoms with Crippen LogP contribution in [0, 0.1) is 6.92 Å². The lowest BCUT2D eigenvalue weighted by atomic mass is 10.2. The van der Waals surface area contributed by atoms with Crippen molar-refractivity contribution in [2.45, 2.75) is 6.92 Å². The Morgan fingerprint density at radius 2 is 1.92 bits per heavy atom. The van der Waals surface area contributed by atoms with E-state index in [9.17, 15) is 13.2 Å². The highest BCUT2D eigenvalue weighted by Crippen LogP contribution is 2.26. The third-order valence-electron chi connectivity index (χ3n) is 3.50. The third kappa shape index (κ3) is 4.87. The first-order valence-electron chi connectivity index (χ1n) is 7.39. The van der Waals surface area contributed by atoms with Crippen molar-refractivity contribution >= 4 is 38.9 Å². The minimum Gasteiger partial charge on any atom is -0.495 e. The molecule has 2 rings (SSSR count). The average molecular weight is 383 g/mol. The number of nitrogens with zero attached hydrogens (tertiary/aromatic N) is 1. The number of anilines is 2. The molecule has 2 aromatic rings. The smallest absolute Gasteiger partial charge is 0.245 e. The molecule has 0 fully saturated rings. The van der Waals surface area contributed by atoms with Crippen LogP contribution >= 0.6 is 11.6 Å². The summed E-state index contributed by atoms with van der Waals surface area (Å²) in [7, 11) is -2.17. The topological polar surface area (TPSA) is 75.7 Å². The first-order chi connectivity index (χ1) is 11.7. The molecule has 6 nitrogen and oxygen atoms in total. The maximum absolute atomic E-state index is 12.4. The van der Waals surface area contributed by atoms with Gasteiger partial charge in [-0.2, -0.15) is 0 Å². The first-order valence-corrected chi connectivity index (χ1v) is 9.61. The molecule has 0 heterocycles. The molecular weight excluding hydrogens is 364 g/mol. The summed E-state index contributed by atoms with van der Waals surface area (Å²) in [4.78, 5) is 12.4. The molecule has 0 aromatic heterocycles. The number of halogens is 1. The fraction of sp³-hybridized carbons (Fsp3) is 0.235. The number of amides is 1. The molecule has 25 heavy (non-hydrogen) atoms. The van der Waals surface area contributed by atoms with Crippen molar-refractivity contribution in [3.63, 3.8) is 0 Å². The van der Waals surface area contributed by atoms with Crippen molar-refractivity contribution in [1.82, 2.24) is 0 Å². The van der Waals surface area contributed by atoms with E-state index in [4.69, 9.17) is 16.3 Å². The molecule has 134 valence electrons. The molecule has 0 saturated heterocycles. The van der Waals surface area contributed by atoms with Crippen LogP contribution in [0.25, 0.3) is 0 Å². The number of nitrogens with one attached hydrogen (secondary N) is 1. The van der Waals surface area contributed by atoms with Crippen molar-refractivity contribution in [3.8, 4) is 5.75 Å². The van der Waals surface area contributed by atoms with Gasteiger partial charge in [0, 0.05) is 5.02 Å². The SMILES string of the molecule is COc1ccccc1NC(=O)CN(c1ccc(Cl)cc1C)S(C)(=O)=O. The largest absolute Gasteiger partial charge is 0.495 e. The van der Waals surface area contributed by atoms with Gasteiger partial charge in [-0.3, -0.25) is 9.10 Å². The number of ether oxygens (including phenoxy) is 1. The number of sulfonamides is 1. The van der Waals surface area contributed by atoms with Gasteiger partial charge in [-0.1, -0.05) is 23.7 Å². The van der Waals surface area contributed by atoms with Crippen LogP contribution in [0.2, 0.25) is 5.02 Å². The highest BCUT2D eigenvalue weighted by Gasteiger charge is 2.23. The second-order valence-corrected chi connectivity index (χ2v) is 7.79. The summed E-state index contributed by atoms with van der Waals surface area (Å²) in [5.41, 5.74) is 1.53. The number of rotatable bonds is 6. The van der Waals surface area contributed by atoms with E-state index in [0.717, 1.165) is 10.6 Å². The van der Waals surface area contributed by atoms with Crippen LogP contribution in [0.4, 0.5) is 11.4 Å². The highest BCUT2D eigenvalue weighted by molar-refractivity contribution is 7.92. The Morgan fingerprint density at radius 1 is 1.24 bits per heavy atom. The molecule has 0 bridgehead atoms. The van der Waals surface area contributed by atoms with Crippen LogP contribution in [0.5, 0.6) is 5.75 Å². The van der Waals surface area contributed by atoms with Gasteiger partial charge in [0.25, 0.3) is 0 Å². The molecule has 2 aromatic carbocycles. The Bertz CT molecular complexity index is 884. The van der Waals surface area contributed by atoms with Crippen molar-refractivity contribution in [2.24, 2.45) is 0 Å². The molecule has 0 aliphatic rings. The molecule has 0 atom stereocenters. The lowest BCUT2D eigenvalue weighted by Crippen LogP contribution is -2.37. The number of methoxy groups -OCH3 is 1. The fourth-order valence-electron chi connectivity index (χ4n) is 2.35. The van der Waals surface area contributed by atoms with E-state index >= 15 is 0 Å². The zero-order chi connectivity index (χ0) is 18.6. The molecule has 1 amide bonds. The molecule has 0 aliphatic heterocycles. The van der Waals surface area contributed by atoms with Gasteiger partial charge in [-0.15, -0.1) is 0 Å². The number of hydrogen-bond acceptors (Lipinski definition) is 4. The van der Waals surface area contributed by atoms with Gasteiger partial charge >= 0.3 is 0 Å². The van der Waals surface area contributed by atoms with Gasteiger partial charge in [0.2, 0.25) is 15.9 Å². The highest BCUT2D eigenvalue weighted by atomic mass is 35.5. The number of para-hydroxylation sites is 2. The lowest BCUT2D eigenvalue weighted by Gasteiger charge is -2.24. The van der Waals surface area contributed by atoms with E-state index in [2.05, 4.69) is 5.32 Å². The maximum Gasteiger partial charge on any atom is 0.245 e. The Kier molecular flexibility index (Phi) is 5.92. The first kappa shape index (κ1) is 19.1. The monoisotopic (exact) mass is 382 g/mol. The summed E-state index contributed by atoms with van der Waals surface area (Å²) in [6.07, 6.45) is 1.05. The second-order valence-electron chi connectivity index (χ2n) is 5.45. The van der Waals surface area contributed by atoms with Crippen LogP contribution in [-0.2, 0) is 14.8 Å². The van der Waals surface area contributed by atoms with E-state index in [0.29, 0.717) is 27.7 Å². The van der Waals surface area contributed by atoms with E-state index in [-0.39, 0.29) is 6.54 Å². The van der Waals surface area contributed by atoms with E-state index in [1.54, 1.807) is 49.4 Å². The number of aryl methyl sites for hydroxylation is 1. The molecule has 0 saturated carbocycles. The van der Waals surface area contributed by atoms with Crippen LogP contribution in [0.3, 0.4) is 0 Å². The zero-order valence-electron chi connectivity index (χ0n) is 14.1. The minimum atomic E-state index is -3.66. The summed E-state index contributed by atoms with van der Waals surface area (Å²) >= 11 is 5.92. The van der Waals surface area contributed by atoms with E-state index in [1.807, 2.05) is 0 Å². The summed E-state index contributed by atoms with van der Waals surface area (Å²) in [6, 6.07) is 11.7. The molecule has 1 N–H and O–H groups in total. The number of carbonyl (C=O) groups is 1. The van der Waals surface area contributed by atoms with Crippen molar-refractivity contribution < 1.29 is 17.9 Å². The zero-order valence-corrected chi connectivity index (χ0v) is 15.7. The molecule has 0 unspecified atom stereocenters. The van der Waals surface area contributed by atoms with Gasteiger partial charge < -0.3 is 10.1 Å². The van der Waals surface area contributed by atoms with Gasteiger partial charge in [0.15, 0.2) is 0 Å². The summed E-state index contributed by atoms with van der Waals surface area (Å²) in [6.45, 7) is 1.37. The molecule has 0 radical (unpaired) electrons. The Balaban J connectivity index is 2.27. The summed E-state index contributed by atoms with van der Waals surface area (Å²) in [5, 5.41) is 3.16. The van der Waals surface area contributed by atoms with Crippen molar-refractivity contribution in [2.75, 3.05) is 29.5 Å². The normalized spacial score (nSPS) is 11.0. The Hall–Kier alpha value is -2.25. The standard InChI is InChI=1S/C17H19ClN2O4S/c1-12-10-13(18)8-9-15(12)20(25(3,22)23)11-17(21)19-14-6-4-5-7-16(14)24-2/h4-10H,11H2,1-3H3,(H,19,21). The molecule has 0 aliphatic carbocycles. The van der Waals surface area contributed by atoms with Crippen LogP contribution in [0.1, 0.15) is 5.56 Å².